The summed E-state index contributed by atoms with van der Waals surface area (Å²) in [6.45, 7) is 4.18. The van der Waals surface area contributed by atoms with E-state index >= 15 is 0 Å². The van der Waals surface area contributed by atoms with E-state index < -0.39 is 4.92 Å². The number of nitro groups is 1. The van der Waals surface area contributed by atoms with E-state index in [2.05, 4.69) is 30.5 Å². The zero-order chi connectivity index (χ0) is 18.0. The van der Waals surface area contributed by atoms with Crippen LogP contribution in [0.2, 0.25) is 0 Å². The molecule has 25 heavy (non-hydrogen) atoms. The number of benzene rings is 2. The molecule has 2 aromatic rings. The van der Waals surface area contributed by atoms with Crippen molar-refractivity contribution in [2.45, 2.75) is 25.8 Å². The summed E-state index contributed by atoms with van der Waals surface area (Å²) in [4.78, 5) is 22.6. The molecule has 1 heterocycles. The van der Waals surface area contributed by atoms with E-state index in [9.17, 15) is 14.9 Å². The predicted octanol–water partition coefficient (Wildman–Crippen LogP) is 3.50. The molecule has 1 aliphatic rings. The molecule has 0 aromatic heterocycles. The molecular weight excluding hydrogens is 318 g/mol. The van der Waals surface area contributed by atoms with Crippen molar-refractivity contribution in [2.75, 3.05) is 5.32 Å². The molecule has 2 aromatic carbocycles. The van der Waals surface area contributed by atoms with Crippen molar-refractivity contribution in [2.24, 2.45) is 0 Å². The van der Waals surface area contributed by atoms with E-state index in [0.717, 1.165) is 17.7 Å². The van der Waals surface area contributed by atoms with Crippen molar-refractivity contribution in [3.8, 4) is 0 Å². The Morgan fingerprint density at radius 2 is 1.88 bits per heavy atom. The standard InChI is InChI=1S/C19H19N3O3/c1-19(2)12-13-5-3-4-6-16(13)17(21-19)11-18(23)20-14-7-9-15(10-8-14)22(24)25/h3-11,21H,12H2,1-2H3,(H,20,23)/b17-11-. The van der Waals surface area contributed by atoms with Crippen LogP contribution in [0, 0.1) is 10.1 Å². The molecule has 0 fully saturated rings. The molecule has 6 nitrogen and oxygen atoms in total. The summed E-state index contributed by atoms with van der Waals surface area (Å²) < 4.78 is 0. The summed E-state index contributed by atoms with van der Waals surface area (Å²) in [5.74, 6) is -0.288. The van der Waals surface area contributed by atoms with Crippen LogP contribution in [-0.2, 0) is 11.2 Å². The Kier molecular flexibility index (Phi) is 4.27. The van der Waals surface area contributed by atoms with Crippen LogP contribution >= 0.6 is 0 Å². The van der Waals surface area contributed by atoms with Gasteiger partial charge in [0.25, 0.3) is 5.69 Å². The second-order valence-corrected chi connectivity index (χ2v) is 6.69. The summed E-state index contributed by atoms with van der Waals surface area (Å²) in [6, 6.07) is 13.7. The lowest BCUT2D eigenvalue weighted by Gasteiger charge is -2.35. The summed E-state index contributed by atoms with van der Waals surface area (Å²) >= 11 is 0. The molecule has 0 bridgehead atoms. The molecule has 6 heteroatoms. The molecule has 1 aliphatic heterocycles. The molecule has 0 aliphatic carbocycles. The van der Waals surface area contributed by atoms with Gasteiger partial charge in [-0.2, -0.15) is 0 Å². The van der Waals surface area contributed by atoms with Crippen molar-refractivity contribution >= 4 is 23.0 Å². The highest BCUT2D eigenvalue weighted by molar-refractivity contribution is 6.04. The SMILES string of the molecule is CC1(C)Cc2ccccc2/C(=C/C(=O)Nc2ccc([N+](=O)[O-])cc2)N1. The van der Waals surface area contributed by atoms with Gasteiger partial charge in [-0.15, -0.1) is 0 Å². The zero-order valence-corrected chi connectivity index (χ0v) is 14.1. The highest BCUT2D eigenvalue weighted by Gasteiger charge is 2.27. The Balaban J connectivity index is 1.82. The predicted molar refractivity (Wildman–Crippen MR) is 97.1 cm³/mol. The summed E-state index contributed by atoms with van der Waals surface area (Å²) in [5.41, 5.74) is 3.33. The van der Waals surface area contributed by atoms with Crippen LogP contribution in [0.5, 0.6) is 0 Å². The number of carbonyl (C=O) groups is 1. The van der Waals surface area contributed by atoms with Gasteiger partial charge in [-0.1, -0.05) is 24.3 Å². The quantitative estimate of drug-likeness (QED) is 0.510. The third kappa shape index (κ3) is 3.85. The van der Waals surface area contributed by atoms with Crippen molar-refractivity contribution < 1.29 is 9.72 Å². The van der Waals surface area contributed by atoms with Gasteiger partial charge in [0, 0.05) is 40.7 Å². The highest BCUT2D eigenvalue weighted by atomic mass is 16.6. The maximum absolute atomic E-state index is 12.4. The number of nitro benzene ring substituents is 1. The lowest BCUT2D eigenvalue weighted by molar-refractivity contribution is -0.384. The second-order valence-electron chi connectivity index (χ2n) is 6.69. The van der Waals surface area contributed by atoms with Crippen molar-refractivity contribution in [1.29, 1.82) is 0 Å². The van der Waals surface area contributed by atoms with Gasteiger partial charge in [0.2, 0.25) is 5.91 Å². The van der Waals surface area contributed by atoms with E-state index in [1.807, 2.05) is 18.2 Å². The third-order valence-electron chi connectivity index (χ3n) is 4.03. The summed E-state index contributed by atoms with van der Waals surface area (Å²) in [5, 5.41) is 16.8. The van der Waals surface area contributed by atoms with Crippen molar-refractivity contribution in [3.05, 3.63) is 75.8 Å². The number of carbonyl (C=O) groups excluding carboxylic acids is 1. The zero-order valence-electron chi connectivity index (χ0n) is 14.1. The number of hydrogen-bond donors (Lipinski definition) is 2. The number of anilines is 1. The number of fused-ring (bicyclic) bond motifs is 1. The molecule has 128 valence electrons. The Bertz CT molecular complexity index is 854. The Morgan fingerprint density at radius 3 is 2.56 bits per heavy atom. The fraction of sp³-hybridized carbons (Fsp3) is 0.211. The minimum atomic E-state index is -0.474. The summed E-state index contributed by atoms with van der Waals surface area (Å²) in [6.07, 6.45) is 2.41. The van der Waals surface area contributed by atoms with Gasteiger partial charge in [0.15, 0.2) is 0 Å². The van der Waals surface area contributed by atoms with Crippen LogP contribution in [0.25, 0.3) is 5.70 Å². The number of nitrogens with one attached hydrogen (secondary N) is 2. The third-order valence-corrected chi connectivity index (χ3v) is 4.03. The molecule has 0 atom stereocenters. The van der Waals surface area contributed by atoms with Crippen LogP contribution in [0.1, 0.15) is 25.0 Å². The van der Waals surface area contributed by atoms with Gasteiger partial charge in [-0.25, -0.2) is 0 Å². The van der Waals surface area contributed by atoms with Gasteiger partial charge in [0.05, 0.1) is 4.92 Å². The number of nitrogens with zero attached hydrogens (tertiary/aromatic N) is 1. The average Bonchev–Trinajstić information content (AvgIpc) is 2.54. The molecule has 2 N–H and O–H groups in total. The highest BCUT2D eigenvalue weighted by Crippen LogP contribution is 2.29. The fourth-order valence-electron chi connectivity index (χ4n) is 2.98. The lowest BCUT2D eigenvalue weighted by atomic mass is 9.86. The largest absolute Gasteiger partial charge is 0.379 e. The Labute approximate surface area is 145 Å². The topological polar surface area (TPSA) is 84.3 Å². The van der Waals surface area contributed by atoms with Gasteiger partial charge >= 0.3 is 0 Å². The molecule has 0 saturated carbocycles. The Morgan fingerprint density at radius 1 is 1.20 bits per heavy atom. The maximum Gasteiger partial charge on any atom is 0.269 e. The van der Waals surface area contributed by atoms with E-state index in [4.69, 9.17) is 0 Å². The number of non-ortho nitro benzene ring substituents is 1. The van der Waals surface area contributed by atoms with Crippen LogP contribution < -0.4 is 10.6 Å². The molecular formula is C19H19N3O3. The first-order valence-electron chi connectivity index (χ1n) is 7.98. The monoisotopic (exact) mass is 337 g/mol. The fourth-order valence-corrected chi connectivity index (χ4v) is 2.98. The molecule has 0 radical (unpaired) electrons. The van der Waals surface area contributed by atoms with Crippen LogP contribution in [0.15, 0.2) is 54.6 Å². The van der Waals surface area contributed by atoms with Crippen molar-refractivity contribution in [3.63, 3.8) is 0 Å². The van der Waals surface area contributed by atoms with Gasteiger partial charge < -0.3 is 10.6 Å². The first-order chi connectivity index (χ1) is 11.8. The molecule has 0 unspecified atom stereocenters. The number of rotatable bonds is 3. The average molecular weight is 337 g/mol. The number of hydrogen-bond acceptors (Lipinski definition) is 4. The van der Waals surface area contributed by atoms with Gasteiger partial charge in [0.1, 0.15) is 0 Å². The van der Waals surface area contributed by atoms with Gasteiger partial charge in [-0.3, -0.25) is 14.9 Å². The Hall–Kier alpha value is -3.15. The summed E-state index contributed by atoms with van der Waals surface area (Å²) in [7, 11) is 0. The van der Waals surface area contributed by atoms with Crippen LogP contribution in [0.4, 0.5) is 11.4 Å². The first kappa shape index (κ1) is 16.7. The maximum atomic E-state index is 12.4. The molecule has 0 spiro atoms. The van der Waals surface area contributed by atoms with E-state index in [-0.39, 0.29) is 17.1 Å². The van der Waals surface area contributed by atoms with E-state index in [1.54, 1.807) is 0 Å². The smallest absolute Gasteiger partial charge is 0.269 e. The second kappa shape index (κ2) is 6.39. The lowest BCUT2D eigenvalue weighted by Crippen LogP contribution is -2.44. The van der Waals surface area contributed by atoms with Crippen molar-refractivity contribution in [1.82, 2.24) is 5.32 Å². The minimum absolute atomic E-state index is 0.0130. The van der Waals surface area contributed by atoms with Crippen LogP contribution in [0.3, 0.4) is 0 Å². The molecule has 0 saturated heterocycles. The molecule has 1 amide bonds. The van der Waals surface area contributed by atoms with Crippen LogP contribution in [-0.4, -0.2) is 16.4 Å². The normalized spacial score (nSPS) is 16.6. The van der Waals surface area contributed by atoms with E-state index in [0.29, 0.717) is 5.69 Å². The van der Waals surface area contributed by atoms with Gasteiger partial charge in [-0.05, 0) is 38.0 Å². The molecule has 3 rings (SSSR count). The number of amides is 1. The minimum Gasteiger partial charge on any atom is -0.379 e. The first-order valence-corrected chi connectivity index (χ1v) is 7.98. The van der Waals surface area contributed by atoms with E-state index in [1.165, 1.54) is 35.9 Å².